The van der Waals surface area contributed by atoms with E-state index in [9.17, 15) is 14.4 Å². The Morgan fingerprint density at radius 1 is 1.14 bits per heavy atom. The van der Waals surface area contributed by atoms with E-state index in [4.69, 9.17) is 22.4 Å². The van der Waals surface area contributed by atoms with Crippen LogP contribution in [-0.2, 0) is 27.3 Å². The number of pyridine rings is 1. The molecule has 9 nitrogen and oxygen atoms in total. The number of nitrogens with zero attached hydrogens (tertiary/aromatic N) is 2. The van der Waals surface area contributed by atoms with Crippen molar-refractivity contribution < 1.29 is 19.5 Å². The van der Waals surface area contributed by atoms with E-state index in [1.54, 1.807) is 35.4 Å². The quantitative estimate of drug-likeness (QED) is 0.347. The van der Waals surface area contributed by atoms with Crippen LogP contribution in [0.2, 0.25) is 5.02 Å². The molecular formula is C26H28ClN5O4. The first-order chi connectivity index (χ1) is 17.3. The number of fused-ring (bicyclic) bond motifs is 1. The van der Waals surface area contributed by atoms with Gasteiger partial charge in [0.2, 0.25) is 11.8 Å². The second kappa shape index (κ2) is 11.4. The van der Waals surface area contributed by atoms with Gasteiger partial charge < -0.3 is 21.1 Å². The average Bonchev–Trinajstić information content (AvgIpc) is 3.36. The summed E-state index contributed by atoms with van der Waals surface area (Å²) in [7, 11) is 0. The first-order valence-electron chi connectivity index (χ1n) is 11.7. The van der Waals surface area contributed by atoms with Crippen LogP contribution >= 0.6 is 11.6 Å². The topological polar surface area (TPSA) is 138 Å². The maximum Gasteiger partial charge on any atom is 0.317 e. The van der Waals surface area contributed by atoms with Crippen molar-refractivity contribution >= 4 is 46.0 Å². The minimum atomic E-state index is -1.06. The molecule has 10 heteroatoms. The molecular weight excluding hydrogens is 482 g/mol. The fourth-order valence-electron chi connectivity index (χ4n) is 4.47. The second-order valence-corrected chi connectivity index (χ2v) is 9.25. The summed E-state index contributed by atoms with van der Waals surface area (Å²) in [4.78, 5) is 43.3. The predicted molar refractivity (Wildman–Crippen MR) is 137 cm³/mol. The molecule has 2 heterocycles. The molecule has 5 N–H and O–H groups in total. The Morgan fingerprint density at radius 3 is 2.64 bits per heavy atom. The zero-order chi connectivity index (χ0) is 25.7. The van der Waals surface area contributed by atoms with Crippen LogP contribution in [0.15, 0.2) is 54.7 Å². The highest BCUT2D eigenvalue weighted by Gasteiger charge is 2.37. The molecule has 0 bridgehead atoms. The van der Waals surface area contributed by atoms with Crippen molar-refractivity contribution in [2.75, 3.05) is 18.8 Å². The largest absolute Gasteiger partial charge is 0.480 e. The molecule has 1 aliphatic heterocycles. The number of anilines is 1. The number of carboxylic acid groups (broad SMARTS) is 1. The lowest BCUT2D eigenvalue weighted by Gasteiger charge is -2.28. The Bertz CT molecular complexity index is 1270. The van der Waals surface area contributed by atoms with Crippen molar-refractivity contribution in [3.8, 4) is 0 Å². The van der Waals surface area contributed by atoms with Crippen LogP contribution in [0, 0.1) is 0 Å². The van der Waals surface area contributed by atoms with E-state index in [1.165, 1.54) is 0 Å². The molecule has 0 radical (unpaired) electrons. The first kappa shape index (κ1) is 25.4. The standard InChI is InChI=1S/C26H28ClN5O4/c27-19-7-4-16(5-8-19)13-21(30-15-23(33)34)26(36)32-11-1-2-22(32)25(35)31-14-17-3-6-18-9-10-29-24(28)20(18)12-17/h3-10,12,21-22,30H,1-2,11,13-15H2,(H2,28,29)(H,31,35)(H,33,34). The number of halogens is 1. The number of likely N-dealkylation sites (tertiary alicyclic amines) is 1. The minimum absolute atomic E-state index is 0.247. The highest BCUT2D eigenvalue weighted by atomic mass is 35.5. The Kier molecular flexibility index (Phi) is 8.02. The third-order valence-electron chi connectivity index (χ3n) is 6.32. The Hall–Kier alpha value is -3.69. The van der Waals surface area contributed by atoms with Crippen molar-refractivity contribution in [2.24, 2.45) is 0 Å². The molecule has 3 aromatic rings. The molecule has 1 fully saturated rings. The zero-order valence-corrected chi connectivity index (χ0v) is 20.4. The van der Waals surface area contributed by atoms with E-state index < -0.39 is 18.1 Å². The number of nitrogens with one attached hydrogen (secondary N) is 2. The van der Waals surface area contributed by atoms with Crippen LogP contribution < -0.4 is 16.4 Å². The molecule has 0 aliphatic carbocycles. The highest BCUT2D eigenvalue weighted by molar-refractivity contribution is 6.30. The fourth-order valence-corrected chi connectivity index (χ4v) is 4.60. The number of carbonyl (C=O) groups is 3. The van der Waals surface area contributed by atoms with E-state index in [-0.39, 0.29) is 31.3 Å². The summed E-state index contributed by atoms with van der Waals surface area (Å²) in [6.45, 7) is 0.350. The third kappa shape index (κ3) is 6.10. The molecule has 2 aromatic carbocycles. The number of hydrogen-bond donors (Lipinski definition) is 4. The summed E-state index contributed by atoms with van der Waals surface area (Å²) in [6, 6.07) is 13.2. The van der Waals surface area contributed by atoms with Gasteiger partial charge in [-0.3, -0.25) is 19.7 Å². The molecule has 1 saturated heterocycles. The fraction of sp³-hybridized carbons (Fsp3) is 0.308. The van der Waals surface area contributed by atoms with Gasteiger partial charge in [-0.2, -0.15) is 0 Å². The third-order valence-corrected chi connectivity index (χ3v) is 6.57. The molecule has 2 atom stereocenters. The maximum atomic E-state index is 13.4. The SMILES string of the molecule is Nc1nccc2ccc(CNC(=O)C3CCCN3C(=O)C(Cc3ccc(Cl)cc3)NCC(=O)O)cc12. The number of aromatic nitrogens is 1. The molecule has 2 unspecified atom stereocenters. The van der Waals surface area contributed by atoms with Gasteiger partial charge in [-0.25, -0.2) is 4.98 Å². The molecule has 0 spiro atoms. The molecule has 188 valence electrons. The van der Waals surface area contributed by atoms with E-state index in [1.807, 2.05) is 24.3 Å². The van der Waals surface area contributed by atoms with Crippen LogP contribution in [0.3, 0.4) is 0 Å². The number of nitrogen functional groups attached to an aromatic ring is 1. The number of carbonyl (C=O) groups excluding carboxylic acids is 2. The van der Waals surface area contributed by atoms with Gasteiger partial charge in [0.25, 0.3) is 0 Å². The molecule has 1 aliphatic rings. The summed E-state index contributed by atoms with van der Waals surface area (Å²) in [5, 5.41) is 17.2. The number of benzene rings is 2. The summed E-state index contributed by atoms with van der Waals surface area (Å²) >= 11 is 5.96. The van der Waals surface area contributed by atoms with Gasteiger partial charge in [-0.15, -0.1) is 0 Å². The number of hydrogen-bond acceptors (Lipinski definition) is 6. The van der Waals surface area contributed by atoms with E-state index in [0.717, 1.165) is 21.9 Å². The number of aliphatic carboxylic acids is 1. The average molecular weight is 510 g/mol. The molecule has 0 saturated carbocycles. The van der Waals surface area contributed by atoms with E-state index in [0.29, 0.717) is 30.2 Å². The lowest BCUT2D eigenvalue weighted by molar-refractivity contribution is -0.141. The smallest absolute Gasteiger partial charge is 0.317 e. The second-order valence-electron chi connectivity index (χ2n) is 8.82. The normalized spacial score (nSPS) is 16.1. The lowest BCUT2D eigenvalue weighted by atomic mass is 10.0. The molecule has 2 amide bonds. The highest BCUT2D eigenvalue weighted by Crippen LogP contribution is 2.22. The van der Waals surface area contributed by atoms with Gasteiger partial charge in [-0.1, -0.05) is 35.9 Å². The van der Waals surface area contributed by atoms with Gasteiger partial charge in [0.1, 0.15) is 11.9 Å². The van der Waals surface area contributed by atoms with Crippen LogP contribution in [0.1, 0.15) is 24.0 Å². The van der Waals surface area contributed by atoms with Crippen molar-refractivity contribution in [3.63, 3.8) is 0 Å². The molecule has 36 heavy (non-hydrogen) atoms. The summed E-state index contributed by atoms with van der Waals surface area (Å²) in [5.74, 6) is -1.18. The van der Waals surface area contributed by atoms with Crippen molar-refractivity contribution in [1.82, 2.24) is 20.5 Å². The minimum Gasteiger partial charge on any atom is -0.480 e. The van der Waals surface area contributed by atoms with E-state index >= 15 is 0 Å². The Balaban J connectivity index is 1.43. The van der Waals surface area contributed by atoms with Crippen molar-refractivity contribution in [3.05, 3.63) is 70.9 Å². The number of nitrogens with two attached hydrogens (primary N) is 1. The number of amides is 2. The van der Waals surface area contributed by atoms with Crippen molar-refractivity contribution in [2.45, 2.75) is 37.9 Å². The molecule has 4 rings (SSSR count). The van der Waals surface area contributed by atoms with Crippen LogP contribution in [0.25, 0.3) is 10.8 Å². The summed E-state index contributed by atoms with van der Waals surface area (Å²) in [5.41, 5.74) is 7.68. The van der Waals surface area contributed by atoms with E-state index in [2.05, 4.69) is 15.6 Å². The summed E-state index contributed by atoms with van der Waals surface area (Å²) in [6.07, 6.45) is 3.16. The zero-order valence-electron chi connectivity index (χ0n) is 19.6. The van der Waals surface area contributed by atoms with Gasteiger partial charge in [0.05, 0.1) is 12.6 Å². The number of carboxylic acids is 1. The Labute approximate surface area is 213 Å². The predicted octanol–water partition coefficient (Wildman–Crippen LogP) is 2.36. The van der Waals surface area contributed by atoms with Crippen LogP contribution in [0.5, 0.6) is 0 Å². The maximum absolute atomic E-state index is 13.4. The number of rotatable bonds is 9. The van der Waals surface area contributed by atoms with Gasteiger partial charge in [0, 0.05) is 29.7 Å². The van der Waals surface area contributed by atoms with Gasteiger partial charge in [-0.05, 0) is 60.0 Å². The van der Waals surface area contributed by atoms with Gasteiger partial charge >= 0.3 is 5.97 Å². The van der Waals surface area contributed by atoms with Crippen LogP contribution in [-0.4, -0.2) is 57.9 Å². The van der Waals surface area contributed by atoms with Crippen molar-refractivity contribution in [1.29, 1.82) is 0 Å². The monoisotopic (exact) mass is 509 g/mol. The molecule has 1 aromatic heterocycles. The van der Waals surface area contributed by atoms with Gasteiger partial charge in [0.15, 0.2) is 0 Å². The van der Waals surface area contributed by atoms with Crippen LogP contribution in [0.4, 0.5) is 5.82 Å². The lowest BCUT2D eigenvalue weighted by Crippen LogP contribution is -2.53. The Morgan fingerprint density at radius 2 is 1.89 bits per heavy atom. The summed E-state index contributed by atoms with van der Waals surface area (Å²) < 4.78 is 0. The first-order valence-corrected chi connectivity index (χ1v) is 12.1.